The summed E-state index contributed by atoms with van der Waals surface area (Å²) in [6.45, 7) is 5.89. The summed E-state index contributed by atoms with van der Waals surface area (Å²) >= 11 is 0. The van der Waals surface area contributed by atoms with Crippen LogP contribution in [0.25, 0.3) is 0 Å². The fourth-order valence-corrected chi connectivity index (χ4v) is 5.81. The second-order valence-electron chi connectivity index (χ2n) is 6.75. The van der Waals surface area contributed by atoms with E-state index in [0.29, 0.717) is 17.0 Å². The van der Waals surface area contributed by atoms with Crippen molar-refractivity contribution in [3.63, 3.8) is 0 Å². The molecule has 22 heavy (non-hydrogen) atoms. The minimum Gasteiger partial charge on any atom is -0.254 e. The van der Waals surface area contributed by atoms with Crippen LogP contribution in [-0.2, 0) is 24.5 Å². The molecule has 0 heterocycles. The van der Waals surface area contributed by atoms with Crippen molar-refractivity contribution in [3.05, 3.63) is 0 Å². The van der Waals surface area contributed by atoms with Crippen LogP contribution in [0.5, 0.6) is 0 Å². The van der Waals surface area contributed by atoms with Crippen LogP contribution in [0.4, 0.5) is 13.2 Å². The lowest BCUT2D eigenvalue weighted by Crippen LogP contribution is -2.43. The van der Waals surface area contributed by atoms with E-state index in [4.69, 9.17) is 4.18 Å². The molecule has 0 amide bonds. The second-order valence-corrected chi connectivity index (χ2v) is 9.99. The Hall–Kier alpha value is -0.390. The molecular formula is C11H18F3NO5S2. The zero-order valence-corrected chi connectivity index (χ0v) is 13.9. The number of nitrogens with one attached hydrogen (secondary N) is 1. The number of rotatable bonds is 4. The Morgan fingerprint density at radius 3 is 2.05 bits per heavy atom. The molecule has 6 nitrogen and oxygen atoms in total. The fourth-order valence-electron chi connectivity index (χ4n) is 3.67. The number of hydrogen-bond donors (Lipinski definition) is 1. The van der Waals surface area contributed by atoms with Crippen LogP contribution < -0.4 is 4.13 Å². The average molecular weight is 365 g/mol. The summed E-state index contributed by atoms with van der Waals surface area (Å²) in [5, 5.41) is 0. The molecule has 2 rings (SSSR count). The lowest BCUT2D eigenvalue weighted by atomic mass is 9.71. The van der Waals surface area contributed by atoms with Gasteiger partial charge in [-0.05, 0) is 36.0 Å². The minimum atomic E-state index is -6.02. The van der Waals surface area contributed by atoms with Gasteiger partial charge < -0.3 is 0 Å². The van der Waals surface area contributed by atoms with E-state index in [-0.39, 0.29) is 16.7 Å². The number of alkyl halides is 3. The van der Waals surface area contributed by atoms with Crippen molar-refractivity contribution in [3.8, 4) is 0 Å². The first-order valence-corrected chi connectivity index (χ1v) is 9.54. The molecule has 1 N–H and O–H groups in total. The maximum Gasteiger partial charge on any atom is 0.512 e. The van der Waals surface area contributed by atoms with Crippen LogP contribution in [0.2, 0.25) is 0 Å². The molecule has 3 atom stereocenters. The first-order valence-electron chi connectivity index (χ1n) is 6.64. The van der Waals surface area contributed by atoms with Crippen molar-refractivity contribution < 1.29 is 34.2 Å². The number of hydrogen-bond acceptors (Lipinski definition) is 5. The molecule has 130 valence electrons. The Kier molecular flexibility index (Phi) is 3.92. The largest absolute Gasteiger partial charge is 0.512 e. The number of sulfonamides is 1. The highest BCUT2D eigenvalue weighted by atomic mass is 32.3. The van der Waals surface area contributed by atoms with Crippen molar-refractivity contribution in [1.82, 2.24) is 4.13 Å². The van der Waals surface area contributed by atoms with E-state index in [1.54, 1.807) is 0 Å². The number of halogens is 3. The van der Waals surface area contributed by atoms with Gasteiger partial charge >= 0.3 is 25.8 Å². The first kappa shape index (κ1) is 18.0. The van der Waals surface area contributed by atoms with Gasteiger partial charge in [-0.3, -0.25) is 4.18 Å². The summed E-state index contributed by atoms with van der Waals surface area (Å²) in [6, 6.07) is 0. The molecular weight excluding hydrogens is 347 g/mol. The van der Waals surface area contributed by atoms with Gasteiger partial charge in [-0.25, -0.2) is 8.42 Å². The van der Waals surface area contributed by atoms with Gasteiger partial charge in [0.15, 0.2) is 0 Å². The summed E-state index contributed by atoms with van der Waals surface area (Å²) < 4.78 is 87.1. The molecule has 11 heteroatoms. The summed E-state index contributed by atoms with van der Waals surface area (Å²) in [5.41, 5.74) is -6.12. The zero-order valence-electron chi connectivity index (χ0n) is 12.3. The van der Waals surface area contributed by atoms with E-state index in [2.05, 4.69) is 0 Å². The van der Waals surface area contributed by atoms with Crippen molar-refractivity contribution in [2.24, 2.45) is 16.7 Å². The molecule has 2 aliphatic rings. The predicted octanol–water partition coefficient (Wildman–Crippen LogP) is 1.90. The van der Waals surface area contributed by atoms with Gasteiger partial charge in [0.25, 0.3) is 0 Å². The van der Waals surface area contributed by atoms with Crippen LogP contribution >= 0.6 is 0 Å². The Labute approximate surface area is 127 Å². The van der Waals surface area contributed by atoms with E-state index in [1.807, 2.05) is 20.8 Å². The second kappa shape index (κ2) is 4.81. The minimum absolute atomic E-state index is 0.150. The Morgan fingerprint density at radius 2 is 1.68 bits per heavy atom. The highest BCUT2D eigenvalue weighted by molar-refractivity contribution is 8.03. The van der Waals surface area contributed by atoms with Crippen molar-refractivity contribution in [2.45, 2.75) is 51.6 Å². The van der Waals surface area contributed by atoms with Gasteiger partial charge in [-0.2, -0.15) is 21.6 Å². The number of fused-ring (bicyclic) bond motifs is 2. The molecule has 0 saturated heterocycles. The summed E-state index contributed by atoms with van der Waals surface area (Å²) in [6.07, 6.45) is 1.10. The summed E-state index contributed by atoms with van der Waals surface area (Å²) in [5.74, 6) is -0.150. The SMILES string of the molecule is CC12CCC(C(OS(=O)(=O)NS(=O)(=O)C(F)(F)F)C1)C2(C)C. The Bertz CT molecular complexity index is 668. The third-order valence-electron chi connectivity index (χ3n) is 5.36. The van der Waals surface area contributed by atoms with Gasteiger partial charge in [-0.1, -0.05) is 24.9 Å². The van der Waals surface area contributed by atoms with Gasteiger partial charge in [0, 0.05) is 0 Å². The first-order chi connectivity index (χ1) is 9.61. The summed E-state index contributed by atoms with van der Waals surface area (Å²) in [4.78, 5) is 0. The van der Waals surface area contributed by atoms with Gasteiger partial charge in [-0.15, -0.1) is 0 Å². The van der Waals surface area contributed by atoms with Crippen molar-refractivity contribution in [1.29, 1.82) is 0 Å². The topological polar surface area (TPSA) is 89.5 Å². The van der Waals surface area contributed by atoms with Crippen molar-refractivity contribution in [2.75, 3.05) is 0 Å². The van der Waals surface area contributed by atoms with Crippen LogP contribution in [0, 0.1) is 16.7 Å². The van der Waals surface area contributed by atoms with Gasteiger partial charge in [0.1, 0.15) is 0 Å². The lowest BCUT2D eigenvalue weighted by Gasteiger charge is -2.33. The third-order valence-corrected chi connectivity index (χ3v) is 8.16. The Morgan fingerprint density at radius 1 is 1.14 bits per heavy atom. The average Bonchev–Trinajstić information content (AvgIpc) is 2.55. The molecule has 0 aromatic heterocycles. The van der Waals surface area contributed by atoms with Crippen LogP contribution in [0.3, 0.4) is 0 Å². The molecule has 2 fully saturated rings. The molecule has 0 radical (unpaired) electrons. The van der Waals surface area contributed by atoms with Crippen molar-refractivity contribution >= 4 is 20.3 Å². The van der Waals surface area contributed by atoms with Crippen LogP contribution in [-0.4, -0.2) is 28.4 Å². The zero-order chi connectivity index (χ0) is 17.2. The van der Waals surface area contributed by atoms with Gasteiger partial charge in [0.05, 0.1) is 6.10 Å². The fraction of sp³-hybridized carbons (Fsp3) is 1.00. The van der Waals surface area contributed by atoms with Crippen LogP contribution in [0.1, 0.15) is 40.0 Å². The van der Waals surface area contributed by atoms with E-state index in [1.165, 1.54) is 0 Å². The molecule has 0 spiro atoms. The molecule has 2 saturated carbocycles. The monoisotopic (exact) mass is 365 g/mol. The maximum absolute atomic E-state index is 12.2. The molecule has 3 unspecified atom stereocenters. The quantitative estimate of drug-likeness (QED) is 0.822. The lowest BCUT2D eigenvalue weighted by molar-refractivity contribution is -0.0443. The molecule has 2 bridgehead atoms. The van der Waals surface area contributed by atoms with Gasteiger partial charge in [0.2, 0.25) is 0 Å². The third kappa shape index (κ3) is 2.76. The van der Waals surface area contributed by atoms with E-state index in [9.17, 15) is 30.0 Å². The normalized spacial score (nSPS) is 35.0. The maximum atomic E-state index is 12.2. The highest BCUT2D eigenvalue weighted by Gasteiger charge is 2.62. The van der Waals surface area contributed by atoms with E-state index < -0.39 is 31.9 Å². The van der Waals surface area contributed by atoms with E-state index in [0.717, 1.165) is 6.42 Å². The predicted molar refractivity (Wildman–Crippen MR) is 71.1 cm³/mol. The Balaban J connectivity index is 2.16. The molecule has 0 aromatic carbocycles. The smallest absolute Gasteiger partial charge is 0.254 e. The molecule has 0 aromatic rings. The van der Waals surface area contributed by atoms with E-state index >= 15 is 0 Å². The standard InChI is InChI=1S/C11H18F3NO5S2/c1-9(2)7-4-5-10(9,3)6-8(7)20-22(18,19)15-21(16,17)11(12,13)14/h7-8,15H,4-6H2,1-3H3. The highest BCUT2D eigenvalue weighted by Crippen LogP contribution is 2.66. The molecule has 2 aliphatic carbocycles. The molecule has 0 aliphatic heterocycles. The van der Waals surface area contributed by atoms with Crippen LogP contribution in [0.15, 0.2) is 0 Å². The summed E-state index contributed by atoms with van der Waals surface area (Å²) in [7, 11) is -11.1.